The van der Waals surface area contributed by atoms with E-state index in [0.29, 0.717) is 5.82 Å². The Bertz CT molecular complexity index is 1140. The molecule has 2 aliphatic carbocycles. The molecule has 2 aliphatic rings. The molecule has 8 heteroatoms. The van der Waals surface area contributed by atoms with E-state index in [-0.39, 0.29) is 17.9 Å². The minimum atomic E-state index is -0.779. The molecular formula is C25H33N7O. The van der Waals surface area contributed by atoms with Gasteiger partial charge in [-0.2, -0.15) is 0 Å². The molecule has 0 unspecified atom stereocenters. The average molecular weight is 448 g/mol. The smallest absolute Gasteiger partial charge is 0.224 e. The molecule has 3 heterocycles. The highest BCUT2D eigenvalue weighted by molar-refractivity contribution is 5.91. The van der Waals surface area contributed by atoms with Gasteiger partial charge in [0.15, 0.2) is 5.82 Å². The van der Waals surface area contributed by atoms with Crippen molar-refractivity contribution >= 4 is 22.8 Å². The fourth-order valence-electron chi connectivity index (χ4n) is 5.29. The zero-order valence-corrected chi connectivity index (χ0v) is 19.2. The summed E-state index contributed by atoms with van der Waals surface area (Å²) in [7, 11) is 0. The van der Waals surface area contributed by atoms with Crippen molar-refractivity contribution in [3.8, 4) is 11.4 Å². The van der Waals surface area contributed by atoms with Gasteiger partial charge in [0.25, 0.3) is 0 Å². The lowest BCUT2D eigenvalue weighted by Gasteiger charge is -2.43. The number of nitrogens with two attached hydrogens (primary N) is 1. The Morgan fingerprint density at radius 3 is 2.85 bits per heavy atom. The van der Waals surface area contributed by atoms with Crippen LogP contribution >= 0.6 is 0 Å². The van der Waals surface area contributed by atoms with Crippen molar-refractivity contribution in [3.05, 3.63) is 36.3 Å². The fraction of sp³-hybridized carbons (Fsp3) is 0.520. The van der Waals surface area contributed by atoms with Gasteiger partial charge in [-0.25, -0.2) is 15.0 Å². The summed E-state index contributed by atoms with van der Waals surface area (Å²) in [6.07, 6.45) is 14.3. The van der Waals surface area contributed by atoms with Crippen molar-refractivity contribution < 1.29 is 4.79 Å². The molecule has 0 aliphatic heterocycles. The Kier molecular flexibility index (Phi) is 6.01. The lowest BCUT2D eigenvalue weighted by atomic mass is 9.84. The molecule has 174 valence electrons. The molecule has 8 nitrogen and oxygen atoms in total. The average Bonchev–Trinajstić information content (AvgIpc) is 3.51. The van der Waals surface area contributed by atoms with Crippen LogP contribution in [0.15, 0.2) is 30.7 Å². The van der Waals surface area contributed by atoms with Gasteiger partial charge in [-0.05, 0) is 50.7 Å². The molecule has 2 atom stereocenters. The summed E-state index contributed by atoms with van der Waals surface area (Å²) in [5, 5.41) is 7.84. The maximum Gasteiger partial charge on any atom is 0.224 e. The van der Waals surface area contributed by atoms with Crippen LogP contribution in [0.3, 0.4) is 0 Å². The minimum Gasteiger partial charge on any atom is -0.363 e. The van der Waals surface area contributed by atoms with Crippen LogP contribution in [0.1, 0.15) is 63.9 Å². The van der Waals surface area contributed by atoms with Gasteiger partial charge in [0.05, 0.1) is 6.04 Å². The monoisotopic (exact) mass is 447 g/mol. The molecule has 5 N–H and O–H groups in total. The second-order valence-electron chi connectivity index (χ2n) is 9.48. The number of amides is 1. The van der Waals surface area contributed by atoms with Gasteiger partial charge in [0, 0.05) is 41.0 Å². The third kappa shape index (κ3) is 4.31. The summed E-state index contributed by atoms with van der Waals surface area (Å²) in [5.74, 6) is 1.63. The molecule has 33 heavy (non-hydrogen) atoms. The first-order valence-corrected chi connectivity index (χ1v) is 12.2. The van der Waals surface area contributed by atoms with Crippen molar-refractivity contribution in [2.45, 2.75) is 76.4 Å². The molecule has 0 bridgehead atoms. The number of aromatic nitrogens is 4. The van der Waals surface area contributed by atoms with E-state index in [1.165, 1.54) is 0 Å². The van der Waals surface area contributed by atoms with Crippen LogP contribution in [-0.4, -0.2) is 37.5 Å². The quantitative estimate of drug-likeness (QED) is 0.425. The number of aromatic amines is 1. The number of H-pyrrole nitrogens is 1. The number of carbonyl (C=O) groups excluding carboxylic acids is 1. The number of nitrogens with one attached hydrogen (secondary N) is 3. The summed E-state index contributed by atoms with van der Waals surface area (Å²) in [5.41, 5.74) is 8.85. The zero-order valence-electron chi connectivity index (χ0n) is 19.2. The van der Waals surface area contributed by atoms with Crippen LogP contribution in [0.4, 0.5) is 5.82 Å². The third-order valence-corrected chi connectivity index (χ3v) is 7.29. The number of anilines is 1. The van der Waals surface area contributed by atoms with Crippen LogP contribution in [-0.2, 0) is 11.2 Å². The van der Waals surface area contributed by atoms with E-state index in [2.05, 4.69) is 32.5 Å². The van der Waals surface area contributed by atoms with Crippen molar-refractivity contribution in [2.24, 2.45) is 11.7 Å². The van der Waals surface area contributed by atoms with E-state index in [4.69, 9.17) is 10.7 Å². The Labute approximate surface area is 194 Å². The second kappa shape index (κ2) is 9.09. The highest BCUT2D eigenvalue weighted by Crippen LogP contribution is 2.32. The van der Waals surface area contributed by atoms with Gasteiger partial charge in [0.2, 0.25) is 5.91 Å². The van der Waals surface area contributed by atoms with Gasteiger partial charge >= 0.3 is 0 Å². The summed E-state index contributed by atoms with van der Waals surface area (Å²) >= 11 is 0. The van der Waals surface area contributed by atoms with Crippen LogP contribution < -0.4 is 16.4 Å². The fourth-order valence-corrected chi connectivity index (χ4v) is 5.29. The third-order valence-electron chi connectivity index (χ3n) is 7.29. The van der Waals surface area contributed by atoms with Crippen LogP contribution in [0.2, 0.25) is 0 Å². The van der Waals surface area contributed by atoms with Crippen LogP contribution in [0, 0.1) is 5.92 Å². The first kappa shape index (κ1) is 21.8. The first-order chi connectivity index (χ1) is 16.1. The molecule has 2 saturated carbocycles. The number of pyridine rings is 1. The molecule has 5 rings (SSSR count). The number of hydrogen-bond acceptors (Lipinski definition) is 6. The molecule has 0 saturated heterocycles. The summed E-state index contributed by atoms with van der Waals surface area (Å²) in [4.78, 5) is 30.0. The normalized spacial score (nSPS) is 23.6. The van der Waals surface area contributed by atoms with E-state index in [1.807, 2.05) is 24.5 Å². The standard InChI is InChI=1S/C25H33N7O/c1-2-16-14-28-23(19-15-29-22-18(19)10-7-13-27-22)31-21(16)30-20-11-5-6-12-25(20,26)32-24(33)17-8-3-4-9-17/h7,10,13-15,17,20H,2-6,8-9,11-12,26H2,1H3,(H,27,29)(H,32,33)(H,28,30,31)/t20-,25-/m1/s1. The van der Waals surface area contributed by atoms with E-state index in [9.17, 15) is 4.79 Å². The van der Waals surface area contributed by atoms with E-state index < -0.39 is 5.66 Å². The molecule has 3 aromatic rings. The molecule has 0 spiro atoms. The number of nitrogens with zero attached hydrogens (tertiary/aromatic N) is 3. The molecule has 0 radical (unpaired) electrons. The zero-order chi connectivity index (χ0) is 22.8. The predicted octanol–water partition coefficient (Wildman–Crippen LogP) is 3.90. The lowest BCUT2D eigenvalue weighted by molar-refractivity contribution is -0.127. The number of hydrogen-bond donors (Lipinski definition) is 4. The Hall–Kier alpha value is -3.00. The van der Waals surface area contributed by atoms with Crippen molar-refractivity contribution in [1.29, 1.82) is 0 Å². The highest BCUT2D eigenvalue weighted by atomic mass is 16.2. The van der Waals surface area contributed by atoms with Gasteiger partial charge in [-0.3, -0.25) is 4.79 Å². The summed E-state index contributed by atoms with van der Waals surface area (Å²) in [6.45, 7) is 2.09. The van der Waals surface area contributed by atoms with E-state index >= 15 is 0 Å². The molecule has 1 amide bonds. The maximum atomic E-state index is 12.9. The number of carbonyl (C=O) groups is 1. The molecule has 3 aromatic heterocycles. The van der Waals surface area contributed by atoms with E-state index in [1.54, 1.807) is 6.20 Å². The topological polar surface area (TPSA) is 122 Å². The Morgan fingerprint density at radius 1 is 1.21 bits per heavy atom. The van der Waals surface area contributed by atoms with Crippen molar-refractivity contribution in [1.82, 2.24) is 25.3 Å². The minimum absolute atomic E-state index is 0.0886. The van der Waals surface area contributed by atoms with Crippen molar-refractivity contribution in [3.63, 3.8) is 0 Å². The number of rotatable bonds is 6. The van der Waals surface area contributed by atoms with Crippen molar-refractivity contribution in [2.75, 3.05) is 5.32 Å². The summed E-state index contributed by atoms with van der Waals surface area (Å²) in [6, 6.07) is 3.84. The Morgan fingerprint density at radius 2 is 2.03 bits per heavy atom. The lowest BCUT2D eigenvalue weighted by Crippen LogP contribution is -2.67. The molecular weight excluding hydrogens is 414 g/mol. The highest BCUT2D eigenvalue weighted by Gasteiger charge is 2.40. The van der Waals surface area contributed by atoms with Gasteiger partial charge in [0.1, 0.15) is 17.1 Å². The molecule has 2 fully saturated rings. The van der Waals surface area contributed by atoms with Gasteiger partial charge < -0.3 is 21.4 Å². The second-order valence-corrected chi connectivity index (χ2v) is 9.48. The van der Waals surface area contributed by atoms with Gasteiger partial charge in [-0.15, -0.1) is 0 Å². The maximum absolute atomic E-state index is 12.9. The van der Waals surface area contributed by atoms with Crippen LogP contribution in [0.25, 0.3) is 22.4 Å². The largest absolute Gasteiger partial charge is 0.363 e. The van der Waals surface area contributed by atoms with E-state index in [0.717, 1.165) is 85.8 Å². The predicted molar refractivity (Wildman–Crippen MR) is 129 cm³/mol. The number of aryl methyl sites for hydroxylation is 1. The molecule has 0 aromatic carbocycles. The first-order valence-electron chi connectivity index (χ1n) is 12.2. The SMILES string of the molecule is CCc1cnc(-c2c[nH]c3ncccc23)nc1N[C@@H]1CCCC[C@@]1(N)NC(=O)C1CCCC1. The van der Waals surface area contributed by atoms with Gasteiger partial charge in [-0.1, -0.05) is 26.2 Å². The Balaban J connectivity index is 1.42. The van der Waals surface area contributed by atoms with Crippen LogP contribution in [0.5, 0.6) is 0 Å². The number of fused-ring (bicyclic) bond motifs is 1. The summed E-state index contributed by atoms with van der Waals surface area (Å²) < 4.78 is 0.